The molecule has 0 aliphatic rings. The second-order valence-corrected chi connectivity index (χ2v) is 4.14. The first-order chi connectivity index (χ1) is 8.19. The van der Waals surface area contributed by atoms with E-state index in [1.807, 2.05) is 6.07 Å². The lowest BCUT2D eigenvalue weighted by atomic mass is 10.3. The Kier molecular flexibility index (Phi) is 3.26. The van der Waals surface area contributed by atoms with Crippen molar-refractivity contribution in [2.75, 3.05) is 5.73 Å². The minimum atomic E-state index is 0.357. The number of ether oxygens (including phenoxy) is 1. The average Bonchev–Trinajstić information content (AvgIpc) is 2.34. The summed E-state index contributed by atoms with van der Waals surface area (Å²) < 4.78 is 6.32. The number of halogens is 1. The summed E-state index contributed by atoms with van der Waals surface area (Å²) in [6.45, 7) is 0. The zero-order valence-electron chi connectivity index (χ0n) is 8.72. The Morgan fingerprint density at radius 1 is 1.29 bits per heavy atom. The van der Waals surface area contributed by atoms with E-state index in [0.29, 0.717) is 22.9 Å². The van der Waals surface area contributed by atoms with Gasteiger partial charge in [0.1, 0.15) is 5.75 Å². The van der Waals surface area contributed by atoms with Gasteiger partial charge in [-0.3, -0.25) is 0 Å². The molecule has 0 aliphatic heterocycles. The zero-order valence-corrected chi connectivity index (χ0v) is 10.3. The molecular weight excluding hydrogens is 282 g/mol. The number of nitrogens with zero attached hydrogens (tertiary/aromatic N) is 2. The third-order valence-electron chi connectivity index (χ3n) is 2.03. The van der Waals surface area contributed by atoms with E-state index >= 15 is 0 Å². The molecule has 2 rings (SSSR count). The number of nitriles is 1. The second-order valence-electron chi connectivity index (χ2n) is 3.29. The summed E-state index contributed by atoms with van der Waals surface area (Å²) in [5, 5.41) is 8.76. The van der Waals surface area contributed by atoms with Gasteiger partial charge in [-0.1, -0.05) is 0 Å². The van der Waals surface area contributed by atoms with Crippen molar-refractivity contribution >= 4 is 21.6 Å². The van der Waals surface area contributed by atoms with Gasteiger partial charge < -0.3 is 10.5 Å². The minimum Gasteiger partial charge on any atom is -0.438 e. The quantitative estimate of drug-likeness (QED) is 0.863. The van der Waals surface area contributed by atoms with Crippen molar-refractivity contribution in [2.45, 2.75) is 0 Å². The van der Waals surface area contributed by atoms with Gasteiger partial charge >= 0.3 is 0 Å². The van der Waals surface area contributed by atoms with Gasteiger partial charge in [-0.2, -0.15) is 5.26 Å². The highest BCUT2D eigenvalue weighted by atomic mass is 79.9. The molecular formula is C12H8BrN3O. The van der Waals surface area contributed by atoms with Gasteiger partial charge in [0.25, 0.3) is 0 Å². The van der Waals surface area contributed by atoms with Gasteiger partial charge in [0, 0.05) is 24.0 Å². The highest BCUT2D eigenvalue weighted by Gasteiger charge is 2.05. The number of benzene rings is 1. The van der Waals surface area contributed by atoms with Crippen LogP contribution in [0.1, 0.15) is 5.56 Å². The monoisotopic (exact) mass is 289 g/mol. The molecule has 1 heterocycles. The molecule has 0 saturated heterocycles. The molecule has 2 aromatic rings. The second kappa shape index (κ2) is 4.85. The van der Waals surface area contributed by atoms with Crippen molar-refractivity contribution in [1.29, 1.82) is 5.26 Å². The van der Waals surface area contributed by atoms with E-state index in [1.165, 1.54) is 6.20 Å². The van der Waals surface area contributed by atoms with Crippen molar-refractivity contribution in [2.24, 2.45) is 0 Å². The molecule has 4 nitrogen and oxygen atoms in total. The summed E-state index contributed by atoms with van der Waals surface area (Å²) in [5.74, 6) is 0.919. The zero-order chi connectivity index (χ0) is 12.3. The highest BCUT2D eigenvalue weighted by molar-refractivity contribution is 9.10. The molecule has 1 aromatic carbocycles. The Morgan fingerprint density at radius 3 is 2.88 bits per heavy atom. The maximum atomic E-state index is 8.76. The standard InChI is InChI=1S/C12H8BrN3O/c13-10-2-1-9(15)6-11(10)17-12-5-8(7-14)3-4-16-12/h1-6H,15H2. The molecule has 2 N–H and O–H groups in total. The number of hydrogen-bond donors (Lipinski definition) is 1. The molecule has 0 radical (unpaired) electrons. The fraction of sp³-hybridized carbons (Fsp3) is 0. The Hall–Kier alpha value is -2.06. The summed E-state index contributed by atoms with van der Waals surface area (Å²) in [5.41, 5.74) is 6.76. The van der Waals surface area contributed by atoms with Crippen LogP contribution in [0.5, 0.6) is 11.6 Å². The van der Waals surface area contributed by atoms with Gasteiger partial charge in [-0.15, -0.1) is 0 Å². The summed E-state index contributed by atoms with van der Waals surface area (Å²) >= 11 is 3.35. The summed E-state index contributed by atoms with van der Waals surface area (Å²) in [6.07, 6.45) is 1.52. The van der Waals surface area contributed by atoms with E-state index in [1.54, 1.807) is 30.3 Å². The van der Waals surface area contributed by atoms with E-state index in [0.717, 1.165) is 4.47 Å². The van der Waals surface area contributed by atoms with Gasteiger partial charge in [0.05, 0.1) is 16.1 Å². The van der Waals surface area contributed by atoms with Gasteiger partial charge in [-0.25, -0.2) is 4.98 Å². The smallest absolute Gasteiger partial charge is 0.220 e. The topological polar surface area (TPSA) is 71.9 Å². The number of nitrogens with two attached hydrogens (primary N) is 1. The maximum Gasteiger partial charge on any atom is 0.220 e. The van der Waals surface area contributed by atoms with E-state index in [4.69, 9.17) is 15.7 Å². The molecule has 84 valence electrons. The lowest BCUT2D eigenvalue weighted by molar-refractivity contribution is 0.460. The molecule has 0 atom stereocenters. The predicted molar refractivity (Wildman–Crippen MR) is 67.6 cm³/mol. The lowest BCUT2D eigenvalue weighted by Gasteiger charge is -2.07. The number of hydrogen-bond acceptors (Lipinski definition) is 4. The Morgan fingerprint density at radius 2 is 2.12 bits per heavy atom. The van der Waals surface area contributed by atoms with Crippen LogP contribution in [-0.4, -0.2) is 4.98 Å². The van der Waals surface area contributed by atoms with Gasteiger partial charge in [0.2, 0.25) is 5.88 Å². The molecule has 0 fully saturated rings. The van der Waals surface area contributed by atoms with Gasteiger partial charge in [0.15, 0.2) is 0 Å². The number of rotatable bonds is 2. The number of nitrogen functional groups attached to an aromatic ring is 1. The summed E-state index contributed by atoms with van der Waals surface area (Å²) in [4.78, 5) is 4.02. The summed E-state index contributed by atoms with van der Waals surface area (Å²) in [7, 11) is 0. The van der Waals surface area contributed by atoms with Crippen LogP contribution in [0.25, 0.3) is 0 Å². The highest BCUT2D eigenvalue weighted by Crippen LogP contribution is 2.30. The van der Waals surface area contributed by atoms with Crippen molar-refractivity contribution in [3.8, 4) is 17.7 Å². The van der Waals surface area contributed by atoms with Crippen molar-refractivity contribution in [1.82, 2.24) is 4.98 Å². The maximum absolute atomic E-state index is 8.76. The molecule has 0 amide bonds. The van der Waals surface area contributed by atoms with E-state index < -0.39 is 0 Å². The lowest BCUT2D eigenvalue weighted by Crippen LogP contribution is -1.91. The molecule has 0 spiro atoms. The summed E-state index contributed by atoms with van der Waals surface area (Å²) in [6, 6.07) is 10.4. The fourth-order valence-corrected chi connectivity index (χ4v) is 1.57. The average molecular weight is 290 g/mol. The number of aromatic nitrogens is 1. The molecule has 5 heteroatoms. The van der Waals surface area contributed by atoms with Crippen LogP contribution in [0.2, 0.25) is 0 Å². The molecule has 1 aromatic heterocycles. The molecule has 0 unspecified atom stereocenters. The third kappa shape index (κ3) is 2.74. The van der Waals surface area contributed by atoms with Gasteiger partial charge in [-0.05, 0) is 34.1 Å². The Labute approximate surface area is 107 Å². The first-order valence-corrected chi connectivity index (χ1v) is 5.57. The first kappa shape index (κ1) is 11.4. The van der Waals surface area contributed by atoms with Crippen LogP contribution in [0, 0.1) is 11.3 Å². The Balaban J connectivity index is 2.31. The van der Waals surface area contributed by atoms with Crippen LogP contribution in [0.4, 0.5) is 5.69 Å². The molecule has 17 heavy (non-hydrogen) atoms. The number of anilines is 1. The minimum absolute atomic E-state index is 0.357. The van der Waals surface area contributed by atoms with Crippen LogP contribution < -0.4 is 10.5 Å². The van der Waals surface area contributed by atoms with E-state index in [9.17, 15) is 0 Å². The fourth-order valence-electron chi connectivity index (χ4n) is 1.25. The third-order valence-corrected chi connectivity index (χ3v) is 2.69. The van der Waals surface area contributed by atoms with Crippen molar-refractivity contribution < 1.29 is 4.74 Å². The van der Waals surface area contributed by atoms with Crippen LogP contribution in [0.3, 0.4) is 0 Å². The van der Waals surface area contributed by atoms with E-state index in [-0.39, 0.29) is 0 Å². The molecule has 0 aliphatic carbocycles. The first-order valence-electron chi connectivity index (χ1n) is 4.78. The van der Waals surface area contributed by atoms with Crippen molar-refractivity contribution in [3.63, 3.8) is 0 Å². The SMILES string of the molecule is N#Cc1ccnc(Oc2cc(N)ccc2Br)c1. The molecule has 0 bridgehead atoms. The van der Waals surface area contributed by atoms with Crippen LogP contribution in [0.15, 0.2) is 41.0 Å². The predicted octanol–water partition coefficient (Wildman–Crippen LogP) is 3.09. The molecule has 0 saturated carbocycles. The number of pyridine rings is 1. The van der Waals surface area contributed by atoms with Crippen LogP contribution in [-0.2, 0) is 0 Å². The largest absolute Gasteiger partial charge is 0.438 e. The Bertz CT molecular complexity index is 593. The van der Waals surface area contributed by atoms with E-state index in [2.05, 4.69) is 20.9 Å². The normalized spacial score (nSPS) is 9.65. The van der Waals surface area contributed by atoms with Crippen molar-refractivity contribution in [3.05, 3.63) is 46.6 Å². The van der Waals surface area contributed by atoms with Crippen LogP contribution >= 0.6 is 15.9 Å².